The van der Waals surface area contributed by atoms with Crippen molar-refractivity contribution in [2.24, 2.45) is 18.4 Å². The summed E-state index contributed by atoms with van der Waals surface area (Å²) in [4.78, 5) is 26.1. The van der Waals surface area contributed by atoms with Gasteiger partial charge in [0.05, 0.1) is 18.7 Å². The van der Waals surface area contributed by atoms with Gasteiger partial charge in [-0.3, -0.25) is 9.48 Å². The van der Waals surface area contributed by atoms with E-state index in [1.165, 1.54) is 18.1 Å². The molecule has 0 aromatic carbocycles. The van der Waals surface area contributed by atoms with Crippen LogP contribution in [0.1, 0.15) is 12.5 Å². The number of carbonyl (C=O) groups is 1. The molecule has 0 spiro atoms. The summed E-state index contributed by atoms with van der Waals surface area (Å²) in [6, 6.07) is -0.684. The molecular weight excluding hydrogens is 442 g/mol. The first-order valence-corrected chi connectivity index (χ1v) is 10.6. The van der Waals surface area contributed by atoms with Crippen LogP contribution < -0.4 is 10.6 Å². The number of nitrogens with zero attached hydrogens (tertiary/aromatic N) is 9. The summed E-state index contributed by atoms with van der Waals surface area (Å²) in [5, 5.41) is 39.4. The van der Waals surface area contributed by atoms with E-state index >= 15 is 0 Å². The van der Waals surface area contributed by atoms with Crippen molar-refractivity contribution in [1.82, 2.24) is 49.6 Å². The molecule has 3 atom stereocenters. The van der Waals surface area contributed by atoms with Crippen molar-refractivity contribution in [1.29, 1.82) is 0 Å². The number of aliphatic hydroxyl groups is 2. The van der Waals surface area contributed by atoms with E-state index in [0.717, 1.165) is 5.56 Å². The van der Waals surface area contributed by atoms with Crippen LogP contribution >= 0.6 is 0 Å². The van der Waals surface area contributed by atoms with Gasteiger partial charge in [0.15, 0.2) is 22.7 Å². The summed E-state index contributed by atoms with van der Waals surface area (Å²) in [5.74, 6) is -0.513. The lowest BCUT2D eigenvalue weighted by molar-refractivity contribution is -0.125. The van der Waals surface area contributed by atoms with Crippen LogP contribution in [-0.4, -0.2) is 74.5 Å². The Kier molecular flexibility index (Phi) is 4.00. The van der Waals surface area contributed by atoms with Gasteiger partial charge in [0.2, 0.25) is 5.91 Å². The summed E-state index contributed by atoms with van der Waals surface area (Å²) in [5.41, 5.74) is 1.17. The van der Waals surface area contributed by atoms with E-state index < -0.39 is 11.5 Å². The number of aliphatic hydroxyl groups excluding tert-OH is 2. The molecule has 4 heterocycles. The fourth-order valence-electron chi connectivity index (χ4n) is 4.85. The van der Waals surface area contributed by atoms with E-state index in [2.05, 4.69) is 41.0 Å². The Labute approximate surface area is 192 Å². The number of rotatable bonds is 5. The van der Waals surface area contributed by atoms with Crippen molar-refractivity contribution in [2.75, 3.05) is 19.4 Å². The van der Waals surface area contributed by atoms with Gasteiger partial charge in [-0.25, -0.2) is 4.98 Å². The summed E-state index contributed by atoms with van der Waals surface area (Å²) < 4.78 is 4.77. The fourth-order valence-corrected chi connectivity index (χ4v) is 4.85. The lowest BCUT2D eigenvalue weighted by Crippen LogP contribution is -2.30. The molecule has 2 aliphatic carbocycles. The van der Waals surface area contributed by atoms with Crippen LogP contribution in [0.4, 0.5) is 5.82 Å². The number of amides is 1. The van der Waals surface area contributed by atoms with Crippen LogP contribution in [0.15, 0.2) is 36.4 Å². The highest BCUT2D eigenvalue weighted by atomic mass is 16.3. The zero-order valence-corrected chi connectivity index (χ0v) is 18.5. The number of imidazole rings is 1. The van der Waals surface area contributed by atoms with E-state index in [9.17, 15) is 15.0 Å². The van der Waals surface area contributed by atoms with Crippen LogP contribution in [0.5, 0.6) is 0 Å². The molecular formula is C20H21N11O3. The van der Waals surface area contributed by atoms with E-state index in [4.69, 9.17) is 0 Å². The van der Waals surface area contributed by atoms with Crippen LogP contribution in [0.3, 0.4) is 0 Å². The Balaban J connectivity index is 1.45. The monoisotopic (exact) mass is 463 g/mol. The smallest absolute Gasteiger partial charge is 0.256 e. The van der Waals surface area contributed by atoms with Crippen LogP contribution in [-0.2, 0) is 11.8 Å². The molecule has 4 aromatic heterocycles. The van der Waals surface area contributed by atoms with Crippen molar-refractivity contribution >= 4 is 22.9 Å². The second kappa shape index (κ2) is 6.76. The minimum atomic E-state index is -1.12. The van der Waals surface area contributed by atoms with Gasteiger partial charge in [0.1, 0.15) is 22.9 Å². The van der Waals surface area contributed by atoms with Gasteiger partial charge in [-0.05, 0) is 6.42 Å². The highest BCUT2D eigenvalue weighted by molar-refractivity contribution is 5.90. The molecule has 1 saturated carbocycles. The van der Waals surface area contributed by atoms with Crippen molar-refractivity contribution in [3.05, 3.63) is 36.4 Å². The zero-order chi connectivity index (χ0) is 23.8. The number of carbonyl (C=O) groups excluding carboxylic acids is 1. The number of allylic oxidation sites excluding steroid dienone is 1. The lowest BCUT2D eigenvalue weighted by atomic mass is 10.0. The third-order valence-corrected chi connectivity index (χ3v) is 6.62. The first-order valence-electron chi connectivity index (χ1n) is 10.6. The van der Waals surface area contributed by atoms with Crippen molar-refractivity contribution in [2.45, 2.75) is 12.5 Å². The van der Waals surface area contributed by atoms with Crippen LogP contribution in [0.25, 0.3) is 28.4 Å². The van der Waals surface area contributed by atoms with E-state index in [0.29, 0.717) is 29.1 Å². The molecule has 1 fully saturated rings. The van der Waals surface area contributed by atoms with Crippen LogP contribution in [0.2, 0.25) is 0 Å². The van der Waals surface area contributed by atoms with Crippen molar-refractivity contribution in [3.8, 4) is 17.2 Å². The molecule has 1 amide bonds. The second-order valence-electron chi connectivity index (χ2n) is 8.44. The molecule has 4 aromatic rings. The van der Waals surface area contributed by atoms with E-state index in [-0.39, 0.29) is 29.3 Å². The fraction of sp³-hybridized carbons (Fsp3) is 0.350. The van der Waals surface area contributed by atoms with E-state index in [1.54, 1.807) is 28.7 Å². The standard InChI is InChI=1S/C20H21N11O3/c1-21-16-12-17(26-19(25-16)31-7-11(27-28-31)9-5-24-29(3)6-9)30(8-23-12)13-10-4-20(10,18(34)22-2)15(33)14(13)32/h5-8,10,13,32-33H,4H2,1-3H3,(H,22,34)(H,21,25,26)/t10?,13-,20?/m1/s1. The Bertz CT molecular complexity index is 1500. The summed E-state index contributed by atoms with van der Waals surface area (Å²) in [7, 11) is 5.03. The third-order valence-electron chi connectivity index (χ3n) is 6.62. The average Bonchev–Trinajstić information content (AvgIpc) is 3.26. The number of aryl methyl sites for hydroxylation is 1. The number of fused-ring (bicyclic) bond motifs is 2. The van der Waals surface area contributed by atoms with Gasteiger partial charge in [-0.15, -0.1) is 5.10 Å². The van der Waals surface area contributed by atoms with Gasteiger partial charge >= 0.3 is 0 Å². The summed E-state index contributed by atoms with van der Waals surface area (Å²) in [6.45, 7) is 0. The maximum absolute atomic E-state index is 12.5. The zero-order valence-electron chi connectivity index (χ0n) is 18.5. The van der Waals surface area contributed by atoms with Gasteiger partial charge in [-0.1, -0.05) is 5.21 Å². The van der Waals surface area contributed by atoms with Crippen molar-refractivity contribution < 1.29 is 15.0 Å². The average molecular weight is 463 g/mol. The summed E-state index contributed by atoms with van der Waals surface area (Å²) in [6.07, 6.45) is 7.14. The number of hydrogen-bond donors (Lipinski definition) is 4. The topological polar surface area (TPSA) is 174 Å². The first-order chi connectivity index (χ1) is 16.4. The Morgan fingerprint density at radius 1 is 1.24 bits per heavy atom. The van der Waals surface area contributed by atoms with Gasteiger partial charge in [-0.2, -0.15) is 19.7 Å². The molecule has 6 rings (SSSR count). The summed E-state index contributed by atoms with van der Waals surface area (Å²) >= 11 is 0. The second-order valence-corrected chi connectivity index (χ2v) is 8.44. The molecule has 174 valence electrons. The quantitative estimate of drug-likeness (QED) is 0.326. The maximum atomic E-state index is 12.5. The molecule has 2 unspecified atom stereocenters. The minimum absolute atomic E-state index is 0.236. The normalized spacial score (nSPS) is 23.4. The largest absolute Gasteiger partial charge is 0.508 e. The number of anilines is 1. The Hall–Kier alpha value is -4.49. The van der Waals surface area contributed by atoms with Crippen LogP contribution in [0, 0.1) is 11.3 Å². The Morgan fingerprint density at radius 3 is 2.76 bits per heavy atom. The SMILES string of the molecule is CNC(=O)C12CC1[C@@H](n1cnc3c(NC)nc(-n4cc(-c5cnn(C)c5)nn4)nc31)C(O)=C2O. The van der Waals surface area contributed by atoms with Crippen molar-refractivity contribution in [3.63, 3.8) is 0 Å². The highest BCUT2D eigenvalue weighted by Crippen LogP contribution is 2.69. The molecule has 0 bridgehead atoms. The molecule has 4 N–H and O–H groups in total. The predicted molar refractivity (Wildman–Crippen MR) is 118 cm³/mol. The molecule has 0 saturated heterocycles. The molecule has 0 aliphatic heterocycles. The van der Waals surface area contributed by atoms with Gasteiger partial charge in [0, 0.05) is 38.8 Å². The Morgan fingerprint density at radius 2 is 2.06 bits per heavy atom. The molecule has 14 nitrogen and oxygen atoms in total. The minimum Gasteiger partial charge on any atom is -0.508 e. The molecule has 34 heavy (non-hydrogen) atoms. The van der Waals surface area contributed by atoms with Gasteiger partial charge in [0.25, 0.3) is 5.95 Å². The first kappa shape index (κ1) is 20.1. The number of hydrogen-bond acceptors (Lipinski definition) is 10. The van der Waals surface area contributed by atoms with E-state index in [1.807, 2.05) is 13.2 Å². The predicted octanol–water partition coefficient (Wildman–Crippen LogP) is 0.484. The number of nitrogens with one attached hydrogen (secondary N) is 2. The molecule has 2 aliphatic rings. The van der Waals surface area contributed by atoms with Gasteiger partial charge < -0.3 is 25.4 Å². The third kappa shape index (κ3) is 2.52. The number of aromatic nitrogens is 9. The molecule has 14 heteroatoms. The highest BCUT2D eigenvalue weighted by Gasteiger charge is 2.72. The maximum Gasteiger partial charge on any atom is 0.256 e. The lowest BCUT2D eigenvalue weighted by Gasteiger charge is -2.15. The molecule has 0 radical (unpaired) electrons.